The van der Waals surface area contributed by atoms with Crippen LogP contribution >= 0.6 is 0 Å². The van der Waals surface area contributed by atoms with Crippen LogP contribution in [0.1, 0.15) is 18.9 Å². The zero-order valence-corrected chi connectivity index (χ0v) is 10.4. The Hall–Kier alpha value is -1.49. The first-order chi connectivity index (χ1) is 8.58. The second kappa shape index (κ2) is 7.06. The molecule has 0 aliphatic heterocycles. The lowest BCUT2D eigenvalue weighted by Crippen LogP contribution is -2.36. The molecule has 1 aromatic rings. The molecule has 0 fully saturated rings. The second-order valence-electron chi connectivity index (χ2n) is 4.16. The molecular formula is C13H18F2N2O. The average molecular weight is 256 g/mol. The zero-order chi connectivity index (χ0) is 13.5. The molecule has 0 aliphatic rings. The molecule has 1 atom stereocenters. The number of nitrogens with two attached hydrogens (primary N) is 1. The van der Waals surface area contributed by atoms with E-state index in [2.05, 4.69) is 5.32 Å². The van der Waals surface area contributed by atoms with Crippen LogP contribution in [-0.2, 0) is 11.2 Å². The highest BCUT2D eigenvalue weighted by Crippen LogP contribution is 2.14. The van der Waals surface area contributed by atoms with Crippen molar-refractivity contribution in [3.05, 3.63) is 35.4 Å². The molecule has 0 radical (unpaired) electrons. The summed E-state index contributed by atoms with van der Waals surface area (Å²) in [5, 5.41) is 2.72. The molecule has 0 spiro atoms. The van der Waals surface area contributed by atoms with Gasteiger partial charge < -0.3 is 11.1 Å². The van der Waals surface area contributed by atoms with E-state index in [-0.39, 0.29) is 18.9 Å². The fraction of sp³-hybridized carbons (Fsp3) is 0.462. The maximum absolute atomic E-state index is 13.5. The highest BCUT2D eigenvalue weighted by atomic mass is 19.1. The molecule has 0 heterocycles. The van der Waals surface area contributed by atoms with Crippen molar-refractivity contribution in [3.63, 3.8) is 0 Å². The van der Waals surface area contributed by atoms with Gasteiger partial charge in [-0.2, -0.15) is 0 Å². The lowest BCUT2D eigenvalue weighted by molar-refractivity contribution is -0.124. The van der Waals surface area contributed by atoms with Crippen LogP contribution in [0.15, 0.2) is 18.2 Å². The first-order valence-corrected chi connectivity index (χ1v) is 6.00. The van der Waals surface area contributed by atoms with E-state index in [1.165, 1.54) is 12.1 Å². The van der Waals surface area contributed by atoms with Gasteiger partial charge in [0.15, 0.2) is 0 Å². The molecule has 0 aromatic heterocycles. The Morgan fingerprint density at radius 2 is 2.17 bits per heavy atom. The summed E-state index contributed by atoms with van der Waals surface area (Å²) < 4.78 is 26.2. The van der Waals surface area contributed by atoms with Crippen LogP contribution in [0, 0.1) is 17.6 Å². The summed E-state index contributed by atoms with van der Waals surface area (Å²) in [6.45, 7) is 2.64. The summed E-state index contributed by atoms with van der Waals surface area (Å²) in [5.41, 5.74) is 5.82. The van der Waals surface area contributed by atoms with E-state index in [1.54, 1.807) is 0 Å². The first kappa shape index (κ1) is 14.6. The number of nitrogens with one attached hydrogen (secondary N) is 1. The number of hydrogen-bond acceptors (Lipinski definition) is 2. The molecule has 1 unspecified atom stereocenters. The minimum absolute atomic E-state index is 0.131. The highest BCUT2D eigenvalue weighted by molar-refractivity contribution is 5.79. The number of hydrogen-bond donors (Lipinski definition) is 2. The van der Waals surface area contributed by atoms with Gasteiger partial charge in [0, 0.05) is 19.2 Å². The Morgan fingerprint density at radius 3 is 2.72 bits per heavy atom. The molecule has 1 aromatic carbocycles. The Labute approximate surface area is 105 Å². The molecule has 0 aliphatic carbocycles. The summed E-state index contributed by atoms with van der Waals surface area (Å²) in [7, 11) is 0. The van der Waals surface area contributed by atoms with Crippen LogP contribution in [0.4, 0.5) is 8.78 Å². The predicted molar refractivity (Wildman–Crippen MR) is 65.9 cm³/mol. The Morgan fingerprint density at radius 1 is 1.44 bits per heavy atom. The quantitative estimate of drug-likeness (QED) is 0.812. The van der Waals surface area contributed by atoms with Gasteiger partial charge in [0.1, 0.15) is 11.6 Å². The minimum atomic E-state index is -0.642. The van der Waals surface area contributed by atoms with Gasteiger partial charge in [0.2, 0.25) is 5.91 Å². The minimum Gasteiger partial charge on any atom is -0.356 e. The number of carbonyl (C=O) groups excluding carboxylic acids is 1. The van der Waals surface area contributed by atoms with Gasteiger partial charge in [-0.15, -0.1) is 0 Å². The molecule has 1 rings (SSSR count). The molecule has 0 saturated carbocycles. The van der Waals surface area contributed by atoms with Crippen molar-refractivity contribution in [2.45, 2.75) is 19.8 Å². The fourth-order valence-corrected chi connectivity index (χ4v) is 1.63. The van der Waals surface area contributed by atoms with Crippen molar-refractivity contribution in [2.75, 3.05) is 13.1 Å². The molecule has 0 saturated heterocycles. The van der Waals surface area contributed by atoms with Gasteiger partial charge >= 0.3 is 0 Å². The van der Waals surface area contributed by atoms with Crippen molar-refractivity contribution in [1.82, 2.24) is 5.32 Å². The summed E-state index contributed by atoms with van der Waals surface area (Å²) >= 11 is 0. The molecule has 100 valence electrons. The summed E-state index contributed by atoms with van der Waals surface area (Å²) in [5.74, 6) is -1.95. The number of amides is 1. The molecule has 0 bridgehead atoms. The van der Waals surface area contributed by atoms with Crippen LogP contribution in [0.2, 0.25) is 0 Å². The van der Waals surface area contributed by atoms with Gasteiger partial charge in [-0.05, 0) is 24.5 Å². The van der Waals surface area contributed by atoms with Gasteiger partial charge in [-0.1, -0.05) is 13.0 Å². The van der Waals surface area contributed by atoms with E-state index < -0.39 is 17.6 Å². The highest BCUT2D eigenvalue weighted by Gasteiger charge is 2.18. The number of carbonyl (C=O) groups is 1. The SMILES string of the molecule is CCCNC(=O)C(CN)Cc1ccc(F)cc1F. The fourth-order valence-electron chi connectivity index (χ4n) is 1.63. The smallest absolute Gasteiger partial charge is 0.224 e. The van der Waals surface area contributed by atoms with Gasteiger partial charge in [-0.3, -0.25) is 4.79 Å². The zero-order valence-electron chi connectivity index (χ0n) is 10.4. The molecule has 3 nitrogen and oxygen atoms in total. The number of rotatable bonds is 6. The standard InChI is InChI=1S/C13H18F2N2O/c1-2-5-17-13(18)10(8-16)6-9-3-4-11(14)7-12(9)15/h3-4,7,10H,2,5-6,8,16H2,1H3,(H,17,18). The second-order valence-corrected chi connectivity index (χ2v) is 4.16. The lowest BCUT2D eigenvalue weighted by Gasteiger charge is -2.15. The van der Waals surface area contributed by atoms with Crippen LogP contribution in [0.25, 0.3) is 0 Å². The van der Waals surface area contributed by atoms with Crippen LogP contribution < -0.4 is 11.1 Å². The maximum atomic E-state index is 13.5. The van der Waals surface area contributed by atoms with Crippen molar-refractivity contribution in [3.8, 4) is 0 Å². The third-order valence-electron chi connectivity index (χ3n) is 2.69. The lowest BCUT2D eigenvalue weighted by atomic mass is 9.98. The van der Waals surface area contributed by atoms with Gasteiger partial charge in [-0.25, -0.2) is 8.78 Å². The molecule has 3 N–H and O–H groups in total. The van der Waals surface area contributed by atoms with Crippen molar-refractivity contribution < 1.29 is 13.6 Å². The normalized spacial score (nSPS) is 12.2. The van der Waals surface area contributed by atoms with E-state index in [1.807, 2.05) is 6.92 Å². The van der Waals surface area contributed by atoms with E-state index in [4.69, 9.17) is 5.73 Å². The third kappa shape index (κ3) is 4.07. The van der Waals surface area contributed by atoms with Gasteiger partial charge in [0.05, 0.1) is 5.92 Å². The van der Waals surface area contributed by atoms with Crippen molar-refractivity contribution in [2.24, 2.45) is 11.7 Å². The average Bonchev–Trinajstić information content (AvgIpc) is 2.35. The summed E-state index contributed by atoms with van der Waals surface area (Å²) in [6.07, 6.45) is 1.01. The topological polar surface area (TPSA) is 55.1 Å². The summed E-state index contributed by atoms with van der Waals surface area (Å²) in [4.78, 5) is 11.7. The van der Waals surface area contributed by atoms with E-state index in [0.717, 1.165) is 12.5 Å². The van der Waals surface area contributed by atoms with E-state index >= 15 is 0 Å². The summed E-state index contributed by atoms with van der Waals surface area (Å²) in [6, 6.07) is 3.34. The predicted octanol–water partition coefficient (Wildman–Crippen LogP) is 1.61. The third-order valence-corrected chi connectivity index (χ3v) is 2.69. The molecule has 5 heteroatoms. The van der Waals surface area contributed by atoms with Crippen LogP contribution in [-0.4, -0.2) is 19.0 Å². The van der Waals surface area contributed by atoms with Crippen molar-refractivity contribution in [1.29, 1.82) is 0 Å². The van der Waals surface area contributed by atoms with E-state index in [9.17, 15) is 13.6 Å². The van der Waals surface area contributed by atoms with E-state index in [0.29, 0.717) is 12.1 Å². The largest absolute Gasteiger partial charge is 0.356 e. The molecule has 18 heavy (non-hydrogen) atoms. The Balaban J connectivity index is 2.70. The van der Waals surface area contributed by atoms with Crippen LogP contribution in [0.5, 0.6) is 0 Å². The Kier molecular flexibility index (Phi) is 5.71. The van der Waals surface area contributed by atoms with Crippen LogP contribution in [0.3, 0.4) is 0 Å². The monoisotopic (exact) mass is 256 g/mol. The number of halogens is 2. The number of benzene rings is 1. The maximum Gasteiger partial charge on any atom is 0.224 e. The van der Waals surface area contributed by atoms with Crippen molar-refractivity contribution >= 4 is 5.91 Å². The molecular weight excluding hydrogens is 238 g/mol. The van der Waals surface area contributed by atoms with Gasteiger partial charge in [0.25, 0.3) is 0 Å². The first-order valence-electron chi connectivity index (χ1n) is 6.00. The molecule has 1 amide bonds. The Bertz CT molecular complexity index is 410.